The van der Waals surface area contributed by atoms with Gasteiger partial charge in [0.25, 0.3) is 0 Å². The molecule has 0 radical (unpaired) electrons. The molecule has 0 aliphatic heterocycles. The van der Waals surface area contributed by atoms with Crippen LogP contribution in [0.15, 0.2) is 0 Å². The zero-order chi connectivity index (χ0) is 10.6. The zero-order valence-corrected chi connectivity index (χ0v) is 9.58. The van der Waals surface area contributed by atoms with Crippen LogP contribution >= 0.6 is 0 Å². The molecule has 0 aromatic carbocycles. The molecule has 1 fully saturated rings. The highest BCUT2D eigenvalue weighted by Crippen LogP contribution is 2.42. The van der Waals surface area contributed by atoms with Crippen LogP contribution in [0.4, 0.5) is 0 Å². The fourth-order valence-corrected chi connectivity index (χ4v) is 2.30. The summed E-state index contributed by atoms with van der Waals surface area (Å²) >= 11 is 0. The molecule has 0 aromatic rings. The van der Waals surface area contributed by atoms with E-state index in [1.54, 1.807) is 0 Å². The normalized spacial score (nSPS) is 33.3. The van der Waals surface area contributed by atoms with Gasteiger partial charge in [0, 0.05) is 0 Å². The summed E-state index contributed by atoms with van der Waals surface area (Å²) < 4.78 is 5.51. The van der Waals surface area contributed by atoms with Crippen molar-refractivity contribution in [2.24, 2.45) is 11.3 Å². The Morgan fingerprint density at radius 2 is 2.29 bits per heavy atom. The lowest BCUT2D eigenvalue weighted by Crippen LogP contribution is -2.34. The molecule has 2 nitrogen and oxygen atoms in total. The molecule has 14 heavy (non-hydrogen) atoms. The first-order valence-electron chi connectivity index (χ1n) is 5.64. The fraction of sp³-hybridized carbons (Fsp3) is 0.917. The van der Waals surface area contributed by atoms with E-state index in [-0.39, 0.29) is 6.61 Å². The third kappa shape index (κ3) is 2.81. The summed E-state index contributed by atoms with van der Waals surface area (Å²) in [5.41, 5.74) is 0.409. The van der Waals surface area contributed by atoms with Crippen LogP contribution < -0.4 is 0 Å². The highest BCUT2D eigenvalue weighted by atomic mass is 16.5. The highest BCUT2D eigenvalue weighted by Gasteiger charge is 2.34. The number of hydrogen-bond acceptors (Lipinski definition) is 2. The molecule has 2 atom stereocenters. The number of hydrogen-bond donors (Lipinski definition) is 0. The minimum atomic E-state index is 0.263. The van der Waals surface area contributed by atoms with Crippen molar-refractivity contribution >= 4 is 6.29 Å². The Morgan fingerprint density at radius 1 is 1.57 bits per heavy atom. The van der Waals surface area contributed by atoms with E-state index in [1.807, 2.05) is 0 Å². The molecule has 2 unspecified atom stereocenters. The maximum Gasteiger partial charge on any atom is 0.145 e. The number of carbonyl (C=O) groups is 1. The molecule has 1 aliphatic carbocycles. The Labute approximate surface area is 87.0 Å². The van der Waals surface area contributed by atoms with E-state index in [0.29, 0.717) is 17.4 Å². The van der Waals surface area contributed by atoms with Gasteiger partial charge in [0.2, 0.25) is 0 Å². The van der Waals surface area contributed by atoms with Crippen LogP contribution in [0.2, 0.25) is 0 Å². The predicted molar refractivity (Wildman–Crippen MR) is 57.2 cm³/mol. The molecule has 0 aromatic heterocycles. The molecular formula is C12H22O2. The molecule has 0 amide bonds. The van der Waals surface area contributed by atoms with Crippen molar-refractivity contribution in [3.63, 3.8) is 0 Å². The van der Waals surface area contributed by atoms with Crippen LogP contribution in [-0.4, -0.2) is 19.0 Å². The van der Waals surface area contributed by atoms with E-state index in [0.717, 1.165) is 19.1 Å². The molecule has 1 saturated carbocycles. The number of ether oxygens (including phenoxy) is 1. The van der Waals surface area contributed by atoms with Gasteiger partial charge in [-0.15, -0.1) is 0 Å². The fourth-order valence-electron chi connectivity index (χ4n) is 2.30. The van der Waals surface area contributed by atoms with Crippen molar-refractivity contribution in [3.05, 3.63) is 0 Å². The average Bonchev–Trinajstić information content (AvgIpc) is 2.15. The van der Waals surface area contributed by atoms with E-state index in [2.05, 4.69) is 20.8 Å². The van der Waals surface area contributed by atoms with Gasteiger partial charge in [-0.3, -0.25) is 0 Å². The van der Waals surface area contributed by atoms with E-state index < -0.39 is 0 Å². The van der Waals surface area contributed by atoms with Gasteiger partial charge >= 0.3 is 0 Å². The molecule has 1 rings (SSSR count). The van der Waals surface area contributed by atoms with Crippen LogP contribution in [0.5, 0.6) is 0 Å². The van der Waals surface area contributed by atoms with Crippen LogP contribution in [0.3, 0.4) is 0 Å². The Bertz CT molecular complexity index is 189. The smallest absolute Gasteiger partial charge is 0.145 e. The third-order valence-corrected chi connectivity index (χ3v) is 3.76. The first-order chi connectivity index (χ1) is 6.58. The average molecular weight is 198 g/mol. The minimum absolute atomic E-state index is 0.263. The molecule has 82 valence electrons. The number of rotatable bonds is 4. The Balaban J connectivity index is 2.46. The van der Waals surface area contributed by atoms with E-state index in [4.69, 9.17) is 4.74 Å². The summed E-state index contributed by atoms with van der Waals surface area (Å²) in [5.74, 6) is 0.699. The molecule has 0 N–H and O–H groups in total. The molecular weight excluding hydrogens is 176 g/mol. The lowest BCUT2D eigenvalue weighted by molar-refractivity contribution is -0.116. The third-order valence-electron chi connectivity index (χ3n) is 3.76. The van der Waals surface area contributed by atoms with Crippen LogP contribution in [0.1, 0.15) is 46.5 Å². The standard InChI is InChI=1S/C12H22O2/c1-10(2)12(3)6-4-5-11(9-12)14-8-7-13/h7,10-11H,4-6,8-9H2,1-3H3. The van der Waals surface area contributed by atoms with Gasteiger partial charge in [0.05, 0.1) is 6.10 Å². The number of carbonyl (C=O) groups excluding carboxylic acids is 1. The molecule has 0 heterocycles. The summed E-state index contributed by atoms with van der Waals surface area (Å²) in [5, 5.41) is 0. The highest BCUT2D eigenvalue weighted by molar-refractivity contribution is 5.50. The van der Waals surface area contributed by atoms with E-state index in [9.17, 15) is 4.79 Å². The first kappa shape index (κ1) is 11.7. The summed E-state index contributed by atoms with van der Waals surface area (Å²) in [4.78, 5) is 10.2. The van der Waals surface area contributed by atoms with Crippen molar-refractivity contribution in [3.8, 4) is 0 Å². The van der Waals surface area contributed by atoms with Crippen molar-refractivity contribution in [1.82, 2.24) is 0 Å². The van der Waals surface area contributed by atoms with Crippen LogP contribution in [-0.2, 0) is 9.53 Å². The lowest BCUT2D eigenvalue weighted by Gasteiger charge is -2.41. The molecule has 1 aliphatic rings. The minimum Gasteiger partial charge on any atom is -0.371 e. The van der Waals surface area contributed by atoms with Gasteiger partial charge in [-0.1, -0.05) is 27.2 Å². The van der Waals surface area contributed by atoms with Crippen LogP contribution in [0.25, 0.3) is 0 Å². The quantitative estimate of drug-likeness (QED) is 0.649. The first-order valence-corrected chi connectivity index (χ1v) is 5.64. The van der Waals surface area contributed by atoms with E-state index >= 15 is 0 Å². The molecule has 0 saturated heterocycles. The predicted octanol–water partition coefficient (Wildman–Crippen LogP) is 2.81. The van der Waals surface area contributed by atoms with Crippen LogP contribution in [0, 0.1) is 11.3 Å². The largest absolute Gasteiger partial charge is 0.371 e. The van der Waals surface area contributed by atoms with Crippen molar-refractivity contribution in [2.75, 3.05) is 6.61 Å². The van der Waals surface area contributed by atoms with Crippen molar-refractivity contribution in [2.45, 2.75) is 52.6 Å². The van der Waals surface area contributed by atoms with E-state index in [1.165, 1.54) is 12.8 Å². The summed E-state index contributed by atoms with van der Waals surface area (Å²) in [7, 11) is 0. The topological polar surface area (TPSA) is 26.3 Å². The van der Waals surface area contributed by atoms with Gasteiger partial charge in [-0.2, -0.15) is 0 Å². The second-order valence-corrected chi connectivity index (χ2v) is 5.03. The maximum atomic E-state index is 10.2. The van der Waals surface area contributed by atoms with Gasteiger partial charge in [0.1, 0.15) is 12.9 Å². The molecule has 0 spiro atoms. The van der Waals surface area contributed by atoms with Crippen molar-refractivity contribution in [1.29, 1.82) is 0 Å². The monoisotopic (exact) mass is 198 g/mol. The second kappa shape index (κ2) is 4.92. The molecule has 2 heteroatoms. The van der Waals surface area contributed by atoms with Gasteiger partial charge < -0.3 is 9.53 Å². The Hall–Kier alpha value is -0.370. The summed E-state index contributed by atoms with van der Waals surface area (Å²) in [6.45, 7) is 7.16. The molecule has 0 bridgehead atoms. The zero-order valence-electron chi connectivity index (χ0n) is 9.58. The van der Waals surface area contributed by atoms with Gasteiger partial charge in [0.15, 0.2) is 0 Å². The maximum absolute atomic E-state index is 10.2. The Morgan fingerprint density at radius 3 is 2.86 bits per heavy atom. The SMILES string of the molecule is CC(C)C1(C)CCCC(OCC=O)C1. The number of aldehydes is 1. The van der Waals surface area contributed by atoms with Gasteiger partial charge in [-0.05, 0) is 30.6 Å². The van der Waals surface area contributed by atoms with Gasteiger partial charge in [-0.25, -0.2) is 0 Å². The van der Waals surface area contributed by atoms with Crippen molar-refractivity contribution < 1.29 is 9.53 Å². The summed E-state index contributed by atoms with van der Waals surface area (Å²) in [6.07, 6.45) is 5.92. The lowest BCUT2D eigenvalue weighted by atomic mass is 9.67. The Kier molecular flexibility index (Phi) is 4.11. The summed E-state index contributed by atoms with van der Waals surface area (Å²) in [6, 6.07) is 0. The second-order valence-electron chi connectivity index (χ2n) is 5.03.